The van der Waals surface area contributed by atoms with Crippen molar-refractivity contribution in [1.29, 1.82) is 0 Å². The van der Waals surface area contributed by atoms with Crippen LogP contribution in [-0.4, -0.2) is 47.0 Å². The molecule has 0 saturated carbocycles. The minimum Gasteiger partial charge on any atom is -0.482 e. The Balaban J connectivity index is 1.93. The lowest BCUT2D eigenvalue weighted by atomic mass is 10.0. The fourth-order valence-electron chi connectivity index (χ4n) is 2.90. The van der Waals surface area contributed by atoms with Gasteiger partial charge in [0.25, 0.3) is 0 Å². The summed E-state index contributed by atoms with van der Waals surface area (Å²) in [5, 5.41) is 11.5. The number of amides is 2. The van der Waals surface area contributed by atoms with Crippen LogP contribution in [0.2, 0.25) is 0 Å². The summed E-state index contributed by atoms with van der Waals surface area (Å²) in [6.45, 7) is 2.32. The van der Waals surface area contributed by atoms with Crippen LogP contribution in [0, 0.1) is 0 Å². The van der Waals surface area contributed by atoms with Gasteiger partial charge in [-0.25, -0.2) is 4.79 Å². The predicted octanol–water partition coefficient (Wildman–Crippen LogP) is 1.56. The highest BCUT2D eigenvalue weighted by molar-refractivity contribution is 5.87. The molecule has 1 aromatic rings. The van der Waals surface area contributed by atoms with Crippen LogP contribution in [0.4, 0.5) is 0 Å². The highest BCUT2D eigenvalue weighted by Crippen LogP contribution is 2.19. The molecule has 1 fully saturated rings. The van der Waals surface area contributed by atoms with Crippen molar-refractivity contribution in [3.63, 3.8) is 0 Å². The number of carbonyl (C=O) groups excluding carboxylic acids is 2. The summed E-state index contributed by atoms with van der Waals surface area (Å²) < 4.78 is 5.13. The molecule has 0 aliphatic carbocycles. The first-order valence-electron chi connectivity index (χ1n) is 8.52. The van der Waals surface area contributed by atoms with Gasteiger partial charge in [-0.3, -0.25) is 9.59 Å². The Labute approximate surface area is 147 Å². The first-order chi connectivity index (χ1) is 12.0. The number of piperidine rings is 1. The molecular formula is C18H24N2O5. The van der Waals surface area contributed by atoms with Crippen LogP contribution in [0.1, 0.15) is 38.2 Å². The van der Waals surface area contributed by atoms with Crippen molar-refractivity contribution in [2.24, 2.45) is 0 Å². The maximum atomic E-state index is 12.5. The average Bonchev–Trinajstić information content (AvgIpc) is 2.64. The van der Waals surface area contributed by atoms with Crippen LogP contribution in [0.15, 0.2) is 24.3 Å². The van der Waals surface area contributed by atoms with E-state index < -0.39 is 18.6 Å². The van der Waals surface area contributed by atoms with Gasteiger partial charge in [-0.15, -0.1) is 0 Å². The largest absolute Gasteiger partial charge is 0.482 e. The van der Waals surface area contributed by atoms with Crippen molar-refractivity contribution in [1.82, 2.24) is 10.2 Å². The maximum Gasteiger partial charge on any atom is 0.341 e. The number of rotatable bonds is 7. The third kappa shape index (κ3) is 5.48. The van der Waals surface area contributed by atoms with Crippen LogP contribution in [0.3, 0.4) is 0 Å². The number of carboxylic acids is 1. The summed E-state index contributed by atoms with van der Waals surface area (Å²) in [5.74, 6) is -0.756. The third-order valence-electron chi connectivity index (χ3n) is 4.16. The number of ether oxygens (including phenoxy) is 1. The van der Waals surface area contributed by atoms with E-state index in [1.165, 1.54) is 0 Å². The average molecular weight is 348 g/mol. The van der Waals surface area contributed by atoms with E-state index in [0.29, 0.717) is 31.7 Å². The first-order valence-corrected chi connectivity index (χ1v) is 8.52. The van der Waals surface area contributed by atoms with Crippen molar-refractivity contribution >= 4 is 17.8 Å². The Kier molecular flexibility index (Phi) is 6.80. The molecule has 2 rings (SSSR count). The normalized spacial score (nSPS) is 17.0. The molecule has 0 bridgehead atoms. The molecule has 1 aromatic carbocycles. The van der Waals surface area contributed by atoms with Crippen molar-refractivity contribution in [3.05, 3.63) is 29.8 Å². The second-order valence-corrected chi connectivity index (χ2v) is 6.00. The van der Waals surface area contributed by atoms with Crippen molar-refractivity contribution in [3.8, 4) is 5.75 Å². The quantitative estimate of drug-likeness (QED) is 0.779. The number of benzene rings is 1. The lowest BCUT2D eigenvalue weighted by Crippen LogP contribution is -2.51. The Bertz CT molecular complexity index is 632. The van der Waals surface area contributed by atoms with E-state index in [9.17, 15) is 14.4 Å². The van der Waals surface area contributed by atoms with E-state index in [-0.39, 0.29) is 11.8 Å². The van der Waals surface area contributed by atoms with Gasteiger partial charge >= 0.3 is 5.97 Å². The Morgan fingerprint density at radius 1 is 1.32 bits per heavy atom. The maximum absolute atomic E-state index is 12.5. The van der Waals surface area contributed by atoms with Crippen LogP contribution in [0.5, 0.6) is 5.75 Å². The molecule has 2 amide bonds. The zero-order valence-corrected chi connectivity index (χ0v) is 14.4. The number of aliphatic carboxylic acids is 1. The van der Waals surface area contributed by atoms with Crippen LogP contribution in [-0.2, 0) is 20.9 Å². The fourth-order valence-corrected chi connectivity index (χ4v) is 2.90. The zero-order chi connectivity index (χ0) is 18.2. The Morgan fingerprint density at radius 3 is 2.84 bits per heavy atom. The topological polar surface area (TPSA) is 95.9 Å². The van der Waals surface area contributed by atoms with E-state index in [1.807, 2.05) is 6.07 Å². The minimum absolute atomic E-state index is 0.00363. The standard InChI is InChI=1S/C18H24N2O5/c1-2-16(21)20-9-4-3-8-15(20)18(24)19-11-13-6-5-7-14(10-13)25-12-17(22)23/h5-7,10,15H,2-4,8-9,11-12H2,1H3,(H,19,24)(H,22,23). The summed E-state index contributed by atoms with van der Waals surface area (Å²) >= 11 is 0. The molecule has 136 valence electrons. The molecular weight excluding hydrogens is 324 g/mol. The lowest BCUT2D eigenvalue weighted by Gasteiger charge is -2.34. The smallest absolute Gasteiger partial charge is 0.341 e. The van der Waals surface area contributed by atoms with Crippen LogP contribution >= 0.6 is 0 Å². The van der Waals surface area contributed by atoms with E-state index >= 15 is 0 Å². The van der Waals surface area contributed by atoms with Gasteiger partial charge in [0.2, 0.25) is 11.8 Å². The molecule has 1 aliphatic heterocycles. The van der Waals surface area contributed by atoms with Gasteiger partial charge in [0.15, 0.2) is 6.61 Å². The molecule has 1 unspecified atom stereocenters. The van der Waals surface area contributed by atoms with E-state index in [2.05, 4.69) is 5.32 Å². The Morgan fingerprint density at radius 2 is 2.12 bits per heavy atom. The van der Waals surface area contributed by atoms with E-state index in [0.717, 1.165) is 18.4 Å². The molecule has 7 nitrogen and oxygen atoms in total. The van der Waals surface area contributed by atoms with Gasteiger partial charge in [-0.1, -0.05) is 19.1 Å². The number of nitrogens with one attached hydrogen (secondary N) is 1. The highest BCUT2D eigenvalue weighted by Gasteiger charge is 2.30. The van der Waals surface area contributed by atoms with Crippen LogP contribution < -0.4 is 10.1 Å². The molecule has 1 atom stereocenters. The first kappa shape index (κ1) is 18.8. The summed E-state index contributed by atoms with van der Waals surface area (Å²) in [6.07, 6.45) is 2.94. The van der Waals surface area contributed by atoms with Crippen molar-refractivity contribution < 1.29 is 24.2 Å². The number of hydrogen-bond acceptors (Lipinski definition) is 4. The van der Waals surface area contributed by atoms with Gasteiger partial charge in [0.05, 0.1) is 0 Å². The second kappa shape index (κ2) is 9.05. The highest BCUT2D eigenvalue weighted by atomic mass is 16.5. The number of nitrogens with zero attached hydrogens (tertiary/aromatic N) is 1. The molecule has 0 spiro atoms. The van der Waals surface area contributed by atoms with Gasteiger partial charge < -0.3 is 20.1 Å². The number of likely N-dealkylation sites (tertiary alicyclic amines) is 1. The molecule has 0 aromatic heterocycles. The SMILES string of the molecule is CCC(=O)N1CCCCC1C(=O)NCc1cccc(OCC(=O)O)c1. The molecule has 1 aliphatic rings. The Hall–Kier alpha value is -2.57. The summed E-state index contributed by atoms with van der Waals surface area (Å²) in [4.78, 5) is 36.7. The lowest BCUT2D eigenvalue weighted by molar-refractivity contribution is -0.142. The zero-order valence-electron chi connectivity index (χ0n) is 14.4. The van der Waals surface area contributed by atoms with Crippen LogP contribution in [0.25, 0.3) is 0 Å². The molecule has 7 heteroatoms. The number of hydrogen-bond donors (Lipinski definition) is 2. The van der Waals surface area contributed by atoms with Gasteiger partial charge in [-0.2, -0.15) is 0 Å². The summed E-state index contributed by atoms with van der Waals surface area (Å²) in [7, 11) is 0. The summed E-state index contributed by atoms with van der Waals surface area (Å²) in [5.41, 5.74) is 0.806. The molecule has 1 saturated heterocycles. The number of carboxylic acid groups (broad SMARTS) is 1. The van der Waals surface area contributed by atoms with Gasteiger partial charge in [-0.05, 0) is 37.0 Å². The number of carbonyl (C=O) groups is 3. The van der Waals surface area contributed by atoms with E-state index in [4.69, 9.17) is 9.84 Å². The summed E-state index contributed by atoms with van der Waals surface area (Å²) in [6, 6.07) is 6.51. The molecule has 2 N–H and O–H groups in total. The van der Waals surface area contributed by atoms with Gasteiger partial charge in [0.1, 0.15) is 11.8 Å². The monoisotopic (exact) mass is 348 g/mol. The fraction of sp³-hybridized carbons (Fsp3) is 0.500. The third-order valence-corrected chi connectivity index (χ3v) is 4.16. The molecule has 25 heavy (non-hydrogen) atoms. The second-order valence-electron chi connectivity index (χ2n) is 6.00. The van der Waals surface area contributed by atoms with E-state index in [1.54, 1.807) is 30.0 Å². The van der Waals surface area contributed by atoms with Crippen molar-refractivity contribution in [2.75, 3.05) is 13.2 Å². The van der Waals surface area contributed by atoms with Gasteiger partial charge in [0, 0.05) is 19.5 Å². The minimum atomic E-state index is -1.04. The van der Waals surface area contributed by atoms with Crippen molar-refractivity contribution in [2.45, 2.75) is 45.2 Å². The predicted molar refractivity (Wildman–Crippen MR) is 91.1 cm³/mol. The molecule has 1 heterocycles. The molecule has 0 radical (unpaired) electrons.